The maximum absolute atomic E-state index is 9.77. The van der Waals surface area contributed by atoms with Crippen LogP contribution in [-0.2, 0) is 4.74 Å². The van der Waals surface area contributed by atoms with E-state index >= 15 is 0 Å². The molecule has 2 unspecified atom stereocenters. The van der Waals surface area contributed by atoms with Gasteiger partial charge in [-0.25, -0.2) is 0 Å². The van der Waals surface area contributed by atoms with E-state index < -0.39 is 0 Å². The van der Waals surface area contributed by atoms with Gasteiger partial charge in [0.1, 0.15) is 0 Å². The molecule has 1 aliphatic rings. The Labute approximate surface area is 113 Å². The third-order valence-electron chi connectivity index (χ3n) is 3.40. The van der Waals surface area contributed by atoms with Crippen molar-refractivity contribution in [2.45, 2.75) is 44.4 Å². The molecule has 0 aromatic heterocycles. The van der Waals surface area contributed by atoms with Gasteiger partial charge in [0.2, 0.25) is 0 Å². The van der Waals surface area contributed by atoms with Crippen molar-refractivity contribution in [3.63, 3.8) is 0 Å². The van der Waals surface area contributed by atoms with Crippen LogP contribution >= 0.6 is 11.6 Å². The average Bonchev–Trinajstić information content (AvgIpc) is 2.31. The molecule has 0 aliphatic carbocycles. The molecule has 0 amide bonds. The number of benzene rings is 1. The van der Waals surface area contributed by atoms with Crippen molar-refractivity contribution in [2.75, 3.05) is 11.9 Å². The Kier molecular flexibility index (Phi) is 4.15. The largest absolute Gasteiger partial charge is 0.394 e. The second-order valence-electron chi connectivity index (χ2n) is 5.21. The number of ether oxygens (including phenoxy) is 1. The molecule has 1 aliphatic heterocycles. The third-order valence-corrected chi connectivity index (χ3v) is 3.73. The number of hydrogen-bond donors (Lipinski definition) is 2. The van der Waals surface area contributed by atoms with Crippen molar-refractivity contribution < 1.29 is 9.84 Å². The zero-order valence-corrected chi connectivity index (χ0v) is 11.6. The molecule has 0 bridgehead atoms. The minimum absolute atomic E-state index is 0.0796. The molecule has 1 heterocycles. The third kappa shape index (κ3) is 2.97. The van der Waals surface area contributed by atoms with E-state index in [-0.39, 0.29) is 24.4 Å². The van der Waals surface area contributed by atoms with Crippen molar-refractivity contribution >= 4 is 17.3 Å². The molecule has 1 saturated heterocycles. The minimum atomic E-state index is -0.345. The Morgan fingerprint density at radius 1 is 1.33 bits per heavy atom. The number of rotatable bonds is 3. The summed E-state index contributed by atoms with van der Waals surface area (Å²) in [6, 6.07) is 7.62. The molecule has 18 heavy (non-hydrogen) atoms. The predicted octanol–water partition coefficient (Wildman–Crippen LogP) is 3.07. The van der Waals surface area contributed by atoms with Crippen molar-refractivity contribution in [1.82, 2.24) is 0 Å². The van der Waals surface area contributed by atoms with Crippen LogP contribution in [0.5, 0.6) is 0 Å². The van der Waals surface area contributed by atoms with Crippen LogP contribution in [0.25, 0.3) is 0 Å². The number of halogens is 1. The van der Waals surface area contributed by atoms with Crippen LogP contribution in [-0.4, -0.2) is 29.5 Å². The van der Waals surface area contributed by atoms with Gasteiger partial charge in [0.25, 0.3) is 0 Å². The predicted molar refractivity (Wildman–Crippen MR) is 74.1 cm³/mol. The van der Waals surface area contributed by atoms with Crippen LogP contribution in [0.3, 0.4) is 0 Å². The molecule has 0 radical (unpaired) electrons. The number of aliphatic hydroxyl groups excluding tert-OH is 1. The molecular weight excluding hydrogens is 250 g/mol. The number of nitrogens with one attached hydrogen (secondary N) is 1. The Bertz CT molecular complexity index is 401. The van der Waals surface area contributed by atoms with Crippen molar-refractivity contribution in [3.8, 4) is 0 Å². The van der Waals surface area contributed by atoms with Crippen LogP contribution < -0.4 is 5.32 Å². The quantitative estimate of drug-likeness (QED) is 0.886. The van der Waals surface area contributed by atoms with Crippen LogP contribution in [0.4, 0.5) is 5.69 Å². The van der Waals surface area contributed by atoms with E-state index in [4.69, 9.17) is 16.3 Å². The Hall–Kier alpha value is -0.770. The minimum Gasteiger partial charge on any atom is -0.394 e. The lowest BCUT2D eigenvalue weighted by Gasteiger charge is -2.43. The fourth-order valence-corrected chi connectivity index (χ4v) is 2.98. The standard InChI is InChI=1S/C14H20ClNO2/c1-10-7-14(9-17,8-11(2)18-10)16-13-6-4-3-5-12(13)15/h3-6,10-11,16-17H,7-9H2,1-2H3. The van der Waals surface area contributed by atoms with Gasteiger partial charge in [-0.3, -0.25) is 0 Å². The van der Waals surface area contributed by atoms with Crippen LogP contribution in [0, 0.1) is 0 Å². The highest BCUT2D eigenvalue weighted by molar-refractivity contribution is 6.33. The number of hydrogen-bond acceptors (Lipinski definition) is 3. The first-order chi connectivity index (χ1) is 8.54. The summed E-state index contributed by atoms with van der Waals surface area (Å²) in [5, 5.41) is 13.9. The zero-order valence-electron chi connectivity index (χ0n) is 10.8. The summed E-state index contributed by atoms with van der Waals surface area (Å²) >= 11 is 6.16. The van der Waals surface area contributed by atoms with Crippen molar-refractivity contribution in [2.24, 2.45) is 0 Å². The molecule has 1 aromatic carbocycles. The molecule has 2 rings (SSSR count). The molecule has 2 N–H and O–H groups in total. The summed E-state index contributed by atoms with van der Waals surface area (Å²) in [6.45, 7) is 4.15. The summed E-state index contributed by atoms with van der Waals surface area (Å²) in [5.41, 5.74) is 0.525. The molecule has 100 valence electrons. The molecule has 0 saturated carbocycles. The van der Waals surface area contributed by atoms with Gasteiger partial charge in [-0.15, -0.1) is 0 Å². The zero-order chi connectivity index (χ0) is 13.2. The van der Waals surface area contributed by atoms with E-state index in [0.717, 1.165) is 18.5 Å². The molecule has 2 atom stereocenters. The maximum atomic E-state index is 9.77. The lowest BCUT2D eigenvalue weighted by Crippen LogP contribution is -2.51. The first-order valence-electron chi connectivity index (χ1n) is 6.34. The second kappa shape index (κ2) is 5.47. The SMILES string of the molecule is CC1CC(CO)(Nc2ccccc2Cl)CC(C)O1. The van der Waals surface area contributed by atoms with E-state index in [2.05, 4.69) is 5.32 Å². The van der Waals surface area contributed by atoms with E-state index in [1.54, 1.807) is 0 Å². The number of aliphatic hydroxyl groups is 1. The monoisotopic (exact) mass is 269 g/mol. The van der Waals surface area contributed by atoms with E-state index in [9.17, 15) is 5.11 Å². The van der Waals surface area contributed by atoms with Gasteiger partial charge >= 0.3 is 0 Å². The summed E-state index contributed by atoms with van der Waals surface area (Å²) in [4.78, 5) is 0. The van der Waals surface area contributed by atoms with Gasteiger partial charge in [0, 0.05) is 0 Å². The highest BCUT2D eigenvalue weighted by Crippen LogP contribution is 2.34. The lowest BCUT2D eigenvalue weighted by atomic mass is 9.84. The van der Waals surface area contributed by atoms with Crippen LogP contribution in [0.15, 0.2) is 24.3 Å². The summed E-state index contributed by atoms with van der Waals surface area (Å²) in [7, 11) is 0. The van der Waals surface area contributed by atoms with Crippen molar-refractivity contribution in [1.29, 1.82) is 0 Å². The number of para-hydroxylation sites is 1. The highest BCUT2D eigenvalue weighted by atomic mass is 35.5. The van der Waals surface area contributed by atoms with E-state index in [0.29, 0.717) is 5.02 Å². The van der Waals surface area contributed by atoms with Gasteiger partial charge in [0.05, 0.1) is 35.1 Å². The first-order valence-corrected chi connectivity index (χ1v) is 6.71. The van der Waals surface area contributed by atoms with Crippen molar-refractivity contribution in [3.05, 3.63) is 29.3 Å². The maximum Gasteiger partial charge on any atom is 0.0663 e. The van der Waals surface area contributed by atoms with Gasteiger partial charge < -0.3 is 15.2 Å². The second-order valence-corrected chi connectivity index (χ2v) is 5.62. The van der Waals surface area contributed by atoms with Gasteiger partial charge in [-0.2, -0.15) is 0 Å². The fraction of sp³-hybridized carbons (Fsp3) is 0.571. The average molecular weight is 270 g/mol. The summed E-state index contributed by atoms with van der Waals surface area (Å²) in [6.07, 6.45) is 1.82. The molecule has 0 spiro atoms. The Balaban J connectivity index is 2.20. The normalized spacial score (nSPS) is 32.2. The van der Waals surface area contributed by atoms with Gasteiger partial charge in [-0.1, -0.05) is 23.7 Å². The molecule has 4 heteroatoms. The van der Waals surface area contributed by atoms with Gasteiger partial charge in [0.15, 0.2) is 0 Å². The molecule has 3 nitrogen and oxygen atoms in total. The molecule has 1 fully saturated rings. The lowest BCUT2D eigenvalue weighted by molar-refractivity contribution is -0.0653. The first kappa shape index (κ1) is 13.7. The molecule has 1 aromatic rings. The van der Waals surface area contributed by atoms with E-state index in [1.807, 2.05) is 38.1 Å². The fourth-order valence-electron chi connectivity index (χ4n) is 2.80. The Morgan fingerprint density at radius 3 is 2.50 bits per heavy atom. The smallest absolute Gasteiger partial charge is 0.0663 e. The highest BCUT2D eigenvalue weighted by Gasteiger charge is 2.38. The summed E-state index contributed by atoms with van der Waals surface area (Å²) in [5.74, 6) is 0. The molecular formula is C14H20ClNO2. The van der Waals surface area contributed by atoms with Crippen LogP contribution in [0.1, 0.15) is 26.7 Å². The van der Waals surface area contributed by atoms with E-state index in [1.165, 1.54) is 0 Å². The number of anilines is 1. The van der Waals surface area contributed by atoms with Gasteiger partial charge in [-0.05, 0) is 38.8 Å². The topological polar surface area (TPSA) is 41.5 Å². The Morgan fingerprint density at radius 2 is 1.94 bits per heavy atom. The van der Waals surface area contributed by atoms with Crippen LogP contribution in [0.2, 0.25) is 5.02 Å². The summed E-state index contributed by atoms with van der Waals surface area (Å²) < 4.78 is 5.73.